The number of rotatable bonds is 4. The van der Waals surface area contributed by atoms with Crippen LogP contribution < -0.4 is 9.47 Å². The van der Waals surface area contributed by atoms with E-state index in [-0.39, 0.29) is 29.2 Å². The Morgan fingerprint density at radius 2 is 1.06 bits per heavy atom. The monoisotopic (exact) mass is 418 g/mol. The van der Waals surface area contributed by atoms with Crippen molar-refractivity contribution in [1.82, 2.24) is 0 Å². The summed E-state index contributed by atoms with van der Waals surface area (Å²) in [7, 11) is 0. The SMILES string of the molecule is Cc1ccc(OC(=O)C2C(C(=O)Oc3ccc(C)c(C)c3)C3C=CC2C3(C)C)cc1C. The first kappa shape index (κ1) is 21.4. The fourth-order valence-electron chi connectivity index (χ4n) is 5.08. The lowest BCUT2D eigenvalue weighted by molar-refractivity contribution is -0.151. The third-order valence-corrected chi connectivity index (χ3v) is 7.34. The molecule has 2 aromatic carbocycles. The molecule has 4 nitrogen and oxygen atoms in total. The number of benzene rings is 2. The van der Waals surface area contributed by atoms with Crippen molar-refractivity contribution < 1.29 is 19.1 Å². The van der Waals surface area contributed by atoms with Crippen molar-refractivity contribution in [2.45, 2.75) is 41.5 Å². The van der Waals surface area contributed by atoms with E-state index in [0.29, 0.717) is 11.5 Å². The average Bonchev–Trinajstić information content (AvgIpc) is 3.12. The maximum atomic E-state index is 13.3. The van der Waals surface area contributed by atoms with Gasteiger partial charge in [0.1, 0.15) is 11.5 Å². The van der Waals surface area contributed by atoms with Crippen LogP contribution in [0.15, 0.2) is 48.6 Å². The summed E-state index contributed by atoms with van der Waals surface area (Å²) >= 11 is 0. The third-order valence-electron chi connectivity index (χ3n) is 7.34. The zero-order valence-electron chi connectivity index (χ0n) is 19.1. The molecule has 4 atom stereocenters. The summed E-state index contributed by atoms with van der Waals surface area (Å²) in [4.78, 5) is 26.6. The molecule has 0 aromatic heterocycles. The lowest BCUT2D eigenvalue weighted by Gasteiger charge is -2.25. The summed E-state index contributed by atoms with van der Waals surface area (Å²) in [6.07, 6.45) is 4.13. The largest absolute Gasteiger partial charge is 0.426 e. The predicted octanol–water partition coefficient (Wildman–Crippen LogP) is 5.51. The van der Waals surface area contributed by atoms with Gasteiger partial charge in [-0.3, -0.25) is 9.59 Å². The Morgan fingerprint density at radius 1 is 0.677 bits per heavy atom. The van der Waals surface area contributed by atoms with Gasteiger partial charge in [0, 0.05) is 0 Å². The van der Waals surface area contributed by atoms with Crippen molar-refractivity contribution in [1.29, 1.82) is 0 Å². The predicted molar refractivity (Wildman–Crippen MR) is 120 cm³/mol. The van der Waals surface area contributed by atoms with Crippen LogP contribution >= 0.6 is 0 Å². The van der Waals surface area contributed by atoms with Gasteiger partial charge in [-0.15, -0.1) is 0 Å². The van der Waals surface area contributed by atoms with E-state index in [2.05, 4.69) is 26.0 Å². The molecular weight excluding hydrogens is 388 g/mol. The molecule has 0 N–H and O–H groups in total. The number of ether oxygens (including phenoxy) is 2. The molecule has 162 valence electrons. The maximum Gasteiger partial charge on any atom is 0.315 e. The Hall–Kier alpha value is -2.88. The zero-order valence-corrected chi connectivity index (χ0v) is 19.1. The van der Waals surface area contributed by atoms with Crippen molar-refractivity contribution in [2.75, 3.05) is 0 Å². The molecule has 1 saturated carbocycles. The Labute approximate surface area is 184 Å². The highest BCUT2D eigenvalue weighted by Gasteiger charge is 2.62. The summed E-state index contributed by atoms with van der Waals surface area (Å²) in [6, 6.07) is 11.2. The summed E-state index contributed by atoms with van der Waals surface area (Å²) in [6.45, 7) is 12.2. The molecular formula is C27H30O4. The molecule has 4 unspecified atom stereocenters. The van der Waals surface area contributed by atoms with E-state index >= 15 is 0 Å². The van der Waals surface area contributed by atoms with Crippen LogP contribution in [0.3, 0.4) is 0 Å². The van der Waals surface area contributed by atoms with Gasteiger partial charge < -0.3 is 9.47 Å². The second kappa shape index (κ2) is 7.67. The van der Waals surface area contributed by atoms with E-state index in [1.807, 2.05) is 52.0 Å². The minimum atomic E-state index is -0.564. The number of fused-ring (bicyclic) bond motifs is 2. The number of esters is 2. The van der Waals surface area contributed by atoms with Gasteiger partial charge in [-0.25, -0.2) is 0 Å². The highest BCUT2D eigenvalue weighted by atomic mass is 16.5. The van der Waals surface area contributed by atoms with Gasteiger partial charge in [-0.05, 0) is 91.5 Å². The maximum absolute atomic E-state index is 13.3. The van der Waals surface area contributed by atoms with Crippen LogP contribution in [0.2, 0.25) is 0 Å². The number of allylic oxidation sites excluding steroid dienone is 2. The van der Waals surface area contributed by atoms with E-state index in [1.54, 1.807) is 12.1 Å². The highest BCUT2D eigenvalue weighted by Crippen LogP contribution is 2.60. The molecule has 0 spiro atoms. The van der Waals surface area contributed by atoms with Crippen LogP contribution in [-0.4, -0.2) is 11.9 Å². The first-order valence-corrected chi connectivity index (χ1v) is 10.9. The van der Waals surface area contributed by atoms with Crippen LogP contribution in [0.5, 0.6) is 11.5 Å². The van der Waals surface area contributed by atoms with Crippen molar-refractivity contribution in [2.24, 2.45) is 29.1 Å². The van der Waals surface area contributed by atoms with Gasteiger partial charge >= 0.3 is 11.9 Å². The molecule has 31 heavy (non-hydrogen) atoms. The second-order valence-electron chi connectivity index (χ2n) is 9.64. The van der Waals surface area contributed by atoms with Crippen LogP contribution in [0.25, 0.3) is 0 Å². The van der Waals surface area contributed by atoms with Crippen LogP contribution in [-0.2, 0) is 9.59 Å². The minimum absolute atomic E-state index is 0.0613. The van der Waals surface area contributed by atoms with Gasteiger partial charge in [0.05, 0.1) is 11.8 Å². The van der Waals surface area contributed by atoms with Crippen molar-refractivity contribution in [3.8, 4) is 11.5 Å². The van der Waals surface area contributed by atoms with Gasteiger partial charge in [-0.1, -0.05) is 38.1 Å². The number of carbonyl (C=O) groups excluding carboxylic acids is 2. The Bertz CT molecular complexity index is 995. The molecule has 0 amide bonds. The van der Waals surface area contributed by atoms with Gasteiger partial charge in [0.25, 0.3) is 0 Å². The lowest BCUT2D eigenvalue weighted by Crippen LogP contribution is -2.37. The molecule has 2 aliphatic carbocycles. The molecule has 0 aliphatic heterocycles. The molecule has 0 saturated heterocycles. The first-order chi connectivity index (χ1) is 14.6. The quantitative estimate of drug-likeness (QED) is 0.373. The topological polar surface area (TPSA) is 52.6 Å². The third kappa shape index (κ3) is 3.69. The number of hydrogen-bond acceptors (Lipinski definition) is 4. The fourth-order valence-corrected chi connectivity index (χ4v) is 5.08. The zero-order chi connectivity index (χ0) is 22.5. The second-order valence-corrected chi connectivity index (χ2v) is 9.64. The van der Waals surface area contributed by atoms with Crippen molar-refractivity contribution in [3.63, 3.8) is 0 Å². The molecule has 2 bridgehead atoms. The van der Waals surface area contributed by atoms with E-state index in [1.165, 1.54) is 0 Å². The Morgan fingerprint density at radius 3 is 1.42 bits per heavy atom. The smallest absolute Gasteiger partial charge is 0.315 e. The van der Waals surface area contributed by atoms with E-state index in [0.717, 1.165) is 22.3 Å². The molecule has 4 heteroatoms. The van der Waals surface area contributed by atoms with Crippen LogP contribution in [0.4, 0.5) is 0 Å². The summed E-state index contributed by atoms with van der Waals surface area (Å²) in [5, 5.41) is 0. The van der Waals surface area contributed by atoms with Crippen LogP contribution in [0, 0.1) is 56.8 Å². The molecule has 1 fully saturated rings. The highest BCUT2D eigenvalue weighted by molar-refractivity contribution is 5.87. The molecule has 2 aliphatic rings. The van der Waals surface area contributed by atoms with Gasteiger partial charge in [0.2, 0.25) is 0 Å². The standard InChI is InChI=1S/C27H30O4/c1-15-7-9-19(13-17(15)3)30-25(28)23-21-11-12-22(27(21,5)6)24(23)26(29)31-20-10-8-16(2)18(4)14-20/h7-14,21-24H,1-6H3. The summed E-state index contributed by atoms with van der Waals surface area (Å²) in [5.74, 6) is -0.956. The van der Waals surface area contributed by atoms with E-state index in [9.17, 15) is 9.59 Å². The number of carbonyl (C=O) groups is 2. The average molecular weight is 419 g/mol. The summed E-state index contributed by atoms with van der Waals surface area (Å²) < 4.78 is 11.5. The lowest BCUT2D eigenvalue weighted by atomic mass is 9.79. The normalized spacial score (nSPS) is 25.5. The van der Waals surface area contributed by atoms with E-state index < -0.39 is 11.8 Å². The summed E-state index contributed by atoms with van der Waals surface area (Å²) in [5.41, 5.74) is 4.19. The number of aryl methyl sites for hydroxylation is 4. The molecule has 4 rings (SSSR count). The first-order valence-electron chi connectivity index (χ1n) is 10.9. The van der Waals surface area contributed by atoms with Crippen LogP contribution in [0.1, 0.15) is 36.1 Å². The molecule has 0 heterocycles. The van der Waals surface area contributed by atoms with Gasteiger partial charge in [-0.2, -0.15) is 0 Å². The molecule has 0 radical (unpaired) electrons. The molecule has 2 aromatic rings. The van der Waals surface area contributed by atoms with Crippen molar-refractivity contribution >= 4 is 11.9 Å². The Balaban J connectivity index is 1.60. The fraction of sp³-hybridized carbons (Fsp3) is 0.407. The van der Waals surface area contributed by atoms with Gasteiger partial charge in [0.15, 0.2) is 0 Å². The Kier molecular flexibility index (Phi) is 5.28. The minimum Gasteiger partial charge on any atom is -0.426 e. The van der Waals surface area contributed by atoms with E-state index in [4.69, 9.17) is 9.47 Å². The number of hydrogen-bond donors (Lipinski definition) is 0. The van der Waals surface area contributed by atoms with Crippen molar-refractivity contribution in [3.05, 3.63) is 70.8 Å².